The summed E-state index contributed by atoms with van der Waals surface area (Å²) in [5.41, 5.74) is 0.781. The molecule has 0 aromatic heterocycles. The molecule has 0 unspecified atom stereocenters. The number of hydrogen-bond acceptors (Lipinski definition) is 3. The van der Waals surface area contributed by atoms with Crippen LogP contribution < -0.4 is 10.6 Å². The Kier molecular flexibility index (Phi) is 8.13. The predicted octanol–water partition coefficient (Wildman–Crippen LogP) is 2.57. The van der Waals surface area contributed by atoms with E-state index in [0.717, 1.165) is 16.6 Å². The second-order valence-electron chi connectivity index (χ2n) is 3.93. The number of rotatable bonds is 9. The summed E-state index contributed by atoms with van der Waals surface area (Å²) >= 11 is 3.36. The first-order valence-corrected chi connectivity index (χ1v) is 6.96. The summed E-state index contributed by atoms with van der Waals surface area (Å²) in [5.74, 6) is -0.0656. The highest BCUT2D eigenvalue weighted by Gasteiger charge is 2.01. The minimum absolute atomic E-state index is 0.0656. The van der Waals surface area contributed by atoms with Crippen LogP contribution in [0.15, 0.2) is 41.4 Å². The lowest BCUT2D eigenvalue weighted by atomic mass is 10.3. The van der Waals surface area contributed by atoms with Crippen LogP contribution in [-0.2, 0) is 9.53 Å². The molecule has 0 radical (unpaired) electrons. The summed E-state index contributed by atoms with van der Waals surface area (Å²) in [4.78, 5) is 11.6. The third-order valence-electron chi connectivity index (χ3n) is 2.28. The Bertz CT molecular complexity index is 410. The summed E-state index contributed by atoms with van der Waals surface area (Å²) in [7, 11) is 0. The molecule has 0 bridgehead atoms. The van der Waals surface area contributed by atoms with Gasteiger partial charge < -0.3 is 15.4 Å². The zero-order chi connectivity index (χ0) is 13.9. The smallest absolute Gasteiger partial charge is 0.238 e. The van der Waals surface area contributed by atoms with E-state index in [9.17, 15) is 4.79 Å². The van der Waals surface area contributed by atoms with Gasteiger partial charge in [-0.25, -0.2) is 0 Å². The van der Waals surface area contributed by atoms with Gasteiger partial charge in [-0.1, -0.05) is 28.1 Å². The van der Waals surface area contributed by atoms with Crippen molar-refractivity contribution in [3.05, 3.63) is 41.4 Å². The van der Waals surface area contributed by atoms with Crippen molar-refractivity contribution in [2.45, 2.75) is 6.42 Å². The number of carbonyl (C=O) groups is 1. The van der Waals surface area contributed by atoms with Gasteiger partial charge in [-0.05, 0) is 24.6 Å². The summed E-state index contributed by atoms with van der Waals surface area (Å²) < 4.78 is 6.26. The van der Waals surface area contributed by atoms with Crippen LogP contribution in [0.4, 0.5) is 5.69 Å². The molecule has 0 atom stereocenters. The van der Waals surface area contributed by atoms with Gasteiger partial charge in [0.1, 0.15) is 0 Å². The molecule has 104 valence electrons. The normalized spacial score (nSPS) is 10.2. The van der Waals surface area contributed by atoms with Crippen LogP contribution in [-0.4, -0.2) is 32.2 Å². The Morgan fingerprint density at radius 1 is 1.42 bits per heavy atom. The molecule has 0 heterocycles. The molecule has 1 rings (SSSR count). The molecule has 1 aromatic carbocycles. The summed E-state index contributed by atoms with van der Waals surface area (Å²) in [6, 6.07) is 7.49. The van der Waals surface area contributed by atoms with Crippen molar-refractivity contribution in [3.63, 3.8) is 0 Å². The maximum atomic E-state index is 11.6. The molecule has 0 spiro atoms. The number of hydrogen-bond donors (Lipinski definition) is 2. The first-order valence-electron chi connectivity index (χ1n) is 6.17. The lowest BCUT2D eigenvalue weighted by Gasteiger charge is -2.07. The van der Waals surface area contributed by atoms with Crippen LogP contribution in [0.5, 0.6) is 0 Å². The Morgan fingerprint density at radius 3 is 3.00 bits per heavy atom. The summed E-state index contributed by atoms with van der Waals surface area (Å²) in [5, 5.41) is 5.83. The average Bonchev–Trinajstić information content (AvgIpc) is 2.37. The molecule has 2 N–H and O–H groups in total. The van der Waals surface area contributed by atoms with Gasteiger partial charge in [0.15, 0.2) is 0 Å². The topological polar surface area (TPSA) is 50.4 Å². The Balaban J connectivity index is 2.10. The van der Waals surface area contributed by atoms with Crippen LogP contribution in [0.25, 0.3) is 0 Å². The van der Waals surface area contributed by atoms with Gasteiger partial charge in [-0.3, -0.25) is 4.79 Å². The third kappa shape index (κ3) is 7.77. The lowest BCUT2D eigenvalue weighted by molar-refractivity contribution is -0.115. The fourth-order valence-corrected chi connectivity index (χ4v) is 1.79. The van der Waals surface area contributed by atoms with Gasteiger partial charge >= 0.3 is 0 Å². The number of anilines is 1. The predicted molar refractivity (Wildman–Crippen MR) is 81.3 cm³/mol. The van der Waals surface area contributed by atoms with E-state index in [1.54, 1.807) is 0 Å². The highest BCUT2D eigenvalue weighted by atomic mass is 79.9. The van der Waals surface area contributed by atoms with E-state index < -0.39 is 0 Å². The quantitative estimate of drug-likeness (QED) is 0.541. The Hall–Kier alpha value is -1.17. The molecule has 4 nitrogen and oxygen atoms in total. The van der Waals surface area contributed by atoms with E-state index >= 15 is 0 Å². The maximum Gasteiger partial charge on any atom is 0.238 e. The largest absolute Gasteiger partial charge is 0.380 e. The van der Waals surface area contributed by atoms with Crippen LogP contribution >= 0.6 is 15.9 Å². The van der Waals surface area contributed by atoms with E-state index in [-0.39, 0.29) is 12.5 Å². The van der Waals surface area contributed by atoms with Crippen LogP contribution in [0.2, 0.25) is 0 Å². The molecule has 0 aliphatic heterocycles. The molecule has 0 saturated carbocycles. The first-order chi connectivity index (χ1) is 9.22. The van der Waals surface area contributed by atoms with Crippen LogP contribution in [0.1, 0.15) is 6.42 Å². The number of nitrogens with one attached hydrogen (secondary N) is 2. The molecule has 0 aliphatic rings. The molecule has 0 saturated heterocycles. The van der Waals surface area contributed by atoms with Gasteiger partial charge in [0.05, 0.1) is 19.8 Å². The van der Waals surface area contributed by atoms with Gasteiger partial charge in [0, 0.05) is 16.7 Å². The van der Waals surface area contributed by atoms with Gasteiger partial charge in [-0.2, -0.15) is 0 Å². The van der Waals surface area contributed by atoms with E-state index in [1.165, 1.54) is 0 Å². The summed E-state index contributed by atoms with van der Waals surface area (Å²) in [6.45, 7) is 5.81. The van der Waals surface area contributed by atoms with E-state index in [1.807, 2.05) is 30.3 Å². The Morgan fingerprint density at radius 2 is 2.26 bits per heavy atom. The monoisotopic (exact) mass is 326 g/mol. The minimum atomic E-state index is -0.0656. The highest BCUT2D eigenvalue weighted by molar-refractivity contribution is 9.10. The fourth-order valence-electron chi connectivity index (χ4n) is 1.39. The van der Waals surface area contributed by atoms with E-state index in [0.29, 0.717) is 19.8 Å². The van der Waals surface area contributed by atoms with E-state index in [4.69, 9.17) is 4.74 Å². The number of halogens is 1. The number of ether oxygens (including phenoxy) is 1. The van der Waals surface area contributed by atoms with Crippen molar-refractivity contribution < 1.29 is 9.53 Å². The second kappa shape index (κ2) is 9.72. The van der Waals surface area contributed by atoms with Crippen molar-refractivity contribution >= 4 is 27.5 Å². The van der Waals surface area contributed by atoms with Crippen molar-refractivity contribution in [2.24, 2.45) is 0 Å². The van der Waals surface area contributed by atoms with Gasteiger partial charge in [0.25, 0.3) is 0 Å². The molecule has 1 aromatic rings. The zero-order valence-electron chi connectivity index (χ0n) is 10.8. The SMILES string of the molecule is C=CCCOCCNCC(=O)Nc1cccc(Br)c1. The molecule has 0 fully saturated rings. The first kappa shape index (κ1) is 15.9. The number of carbonyl (C=O) groups excluding carboxylic acids is 1. The van der Waals surface area contributed by atoms with Crippen molar-refractivity contribution in [1.29, 1.82) is 0 Å². The lowest BCUT2D eigenvalue weighted by Crippen LogP contribution is -2.30. The van der Waals surface area contributed by atoms with Crippen molar-refractivity contribution in [2.75, 3.05) is 31.6 Å². The van der Waals surface area contributed by atoms with Crippen molar-refractivity contribution in [1.82, 2.24) is 5.32 Å². The molecule has 0 aliphatic carbocycles. The molecular weight excluding hydrogens is 308 g/mol. The second-order valence-corrected chi connectivity index (χ2v) is 4.84. The standard InChI is InChI=1S/C14H19BrN2O2/c1-2-3-8-19-9-7-16-11-14(18)17-13-6-4-5-12(15)10-13/h2,4-6,10,16H,1,3,7-9,11H2,(H,17,18). The molecule has 5 heteroatoms. The van der Waals surface area contributed by atoms with Crippen molar-refractivity contribution in [3.8, 4) is 0 Å². The fraction of sp³-hybridized carbons (Fsp3) is 0.357. The van der Waals surface area contributed by atoms with Crippen LogP contribution in [0, 0.1) is 0 Å². The highest BCUT2D eigenvalue weighted by Crippen LogP contribution is 2.15. The van der Waals surface area contributed by atoms with Gasteiger partial charge in [0.2, 0.25) is 5.91 Å². The molecular formula is C14H19BrN2O2. The Labute approximate surface area is 122 Å². The molecule has 19 heavy (non-hydrogen) atoms. The van der Waals surface area contributed by atoms with Gasteiger partial charge in [-0.15, -0.1) is 6.58 Å². The maximum absolute atomic E-state index is 11.6. The van der Waals surface area contributed by atoms with Crippen LogP contribution in [0.3, 0.4) is 0 Å². The third-order valence-corrected chi connectivity index (χ3v) is 2.78. The average molecular weight is 327 g/mol. The zero-order valence-corrected chi connectivity index (χ0v) is 12.4. The number of amides is 1. The molecule has 1 amide bonds. The van der Waals surface area contributed by atoms with E-state index in [2.05, 4.69) is 33.1 Å². The number of benzene rings is 1. The minimum Gasteiger partial charge on any atom is -0.380 e. The summed E-state index contributed by atoms with van der Waals surface area (Å²) in [6.07, 6.45) is 2.67.